The van der Waals surface area contributed by atoms with Crippen molar-refractivity contribution in [3.8, 4) is 0 Å². The minimum Gasteiger partial charge on any atom is -0.337 e. The van der Waals surface area contributed by atoms with Crippen LogP contribution in [-0.4, -0.2) is 63.1 Å². The van der Waals surface area contributed by atoms with E-state index in [0.29, 0.717) is 11.6 Å². The fourth-order valence-electron chi connectivity index (χ4n) is 2.72. The van der Waals surface area contributed by atoms with Crippen LogP contribution in [0, 0.1) is 0 Å². The van der Waals surface area contributed by atoms with Gasteiger partial charge in [0.2, 0.25) is 0 Å². The van der Waals surface area contributed by atoms with E-state index in [-0.39, 0.29) is 5.91 Å². The predicted octanol–water partition coefficient (Wildman–Crippen LogP) is 0.449. The number of nitrogens with zero attached hydrogens (tertiary/aromatic N) is 5. The molecule has 1 aliphatic rings. The molecule has 3 heterocycles. The Morgan fingerprint density at radius 3 is 2.89 bits per heavy atom. The van der Waals surface area contributed by atoms with Crippen LogP contribution in [0.5, 0.6) is 0 Å². The number of imidazole rings is 1. The van der Waals surface area contributed by atoms with Gasteiger partial charge in [0.15, 0.2) is 0 Å². The molecule has 1 saturated heterocycles. The molecule has 3 rings (SSSR count). The van der Waals surface area contributed by atoms with Gasteiger partial charge in [-0.05, 0) is 20.5 Å². The summed E-state index contributed by atoms with van der Waals surface area (Å²) < 4.78 is 3.67. The number of carbonyl (C=O) groups excluding carboxylic acids is 1. The molecule has 1 atom stereocenters. The van der Waals surface area contributed by atoms with Crippen LogP contribution in [0.2, 0.25) is 0 Å². The monoisotopic (exact) mass is 261 g/mol. The molecule has 6 heteroatoms. The van der Waals surface area contributed by atoms with Crippen molar-refractivity contribution in [2.45, 2.75) is 12.5 Å². The molecule has 0 aliphatic carbocycles. The summed E-state index contributed by atoms with van der Waals surface area (Å²) in [6.45, 7) is 1.62. The van der Waals surface area contributed by atoms with Crippen molar-refractivity contribution in [1.29, 1.82) is 0 Å². The molecule has 0 bridgehead atoms. The van der Waals surface area contributed by atoms with Gasteiger partial charge in [0.1, 0.15) is 11.2 Å². The molecule has 102 valence electrons. The molecule has 2 aromatic rings. The number of hydrogen-bond acceptors (Lipinski definition) is 3. The maximum absolute atomic E-state index is 12.6. The van der Waals surface area contributed by atoms with Gasteiger partial charge < -0.3 is 14.4 Å². The average molecular weight is 261 g/mol. The second-order valence-electron chi connectivity index (χ2n) is 5.39. The van der Waals surface area contributed by atoms with Gasteiger partial charge in [0, 0.05) is 38.6 Å². The molecule has 1 amide bonds. The van der Waals surface area contributed by atoms with Crippen LogP contribution in [0.3, 0.4) is 0 Å². The van der Waals surface area contributed by atoms with Crippen LogP contribution < -0.4 is 0 Å². The lowest BCUT2D eigenvalue weighted by Crippen LogP contribution is -2.34. The Morgan fingerprint density at radius 1 is 1.42 bits per heavy atom. The molecule has 0 radical (unpaired) electrons. The molecule has 1 aliphatic heterocycles. The number of likely N-dealkylation sites (tertiary alicyclic amines) is 1. The minimum absolute atomic E-state index is 0.0844. The Kier molecular flexibility index (Phi) is 2.82. The molecule has 0 saturated carbocycles. The zero-order valence-corrected chi connectivity index (χ0v) is 11.6. The molecule has 6 nitrogen and oxygen atoms in total. The first-order chi connectivity index (χ1) is 9.08. The van der Waals surface area contributed by atoms with Gasteiger partial charge >= 0.3 is 0 Å². The van der Waals surface area contributed by atoms with Crippen LogP contribution in [-0.2, 0) is 7.05 Å². The van der Waals surface area contributed by atoms with Crippen LogP contribution in [0.4, 0.5) is 0 Å². The molecule has 0 N–H and O–H groups in total. The molecule has 0 spiro atoms. The number of rotatable bonds is 2. The maximum atomic E-state index is 12.6. The van der Waals surface area contributed by atoms with Crippen LogP contribution in [0.25, 0.3) is 5.65 Å². The van der Waals surface area contributed by atoms with Crippen LogP contribution in [0.15, 0.2) is 18.6 Å². The standard InChI is InChI=1S/C13H19N5O/c1-15(2)10-4-5-17(9-10)13(19)11-8-14-18-7-6-16(3)12(11)18/h6-8,10H,4-5,9H2,1-3H3. The number of aryl methyl sites for hydroxylation is 1. The SMILES string of the molecule is CN(C)C1CCN(C(=O)c2cnn3ccn(C)c23)C1. The van der Waals surface area contributed by atoms with Gasteiger partial charge in [0.25, 0.3) is 5.91 Å². The largest absolute Gasteiger partial charge is 0.337 e. The lowest BCUT2D eigenvalue weighted by molar-refractivity contribution is 0.0784. The van der Waals surface area contributed by atoms with Crippen molar-refractivity contribution in [2.75, 3.05) is 27.2 Å². The minimum atomic E-state index is 0.0844. The second kappa shape index (κ2) is 4.38. The van der Waals surface area contributed by atoms with E-state index in [2.05, 4.69) is 24.1 Å². The third-order valence-corrected chi connectivity index (χ3v) is 3.95. The van der Waals surface area contributed by atoms with Crippen molar-refractivity contribution in [1.82, 2.24) is 24.0 Å². The molecular formula is C13H19N5O. The average Bonchev–Trinajstić information content (AvgIpc) is 3.05. The van der Waals surface area contributed by atoms with Crippen LogP contribution in [0.1, 0.15) is 16.8 Å². The van der Waals surface area contributed by atoms with E-state index < -0.39 is 0 Å². The number of carbonyl (C=O) groups is 1. The smallest absolute Gasteiger partial charge is 0.259 e. The number of aromatic nitrogens is 3. The Balaban J connectivity index is 1.87. The zero-order chi connectivity index (χ0) is 13.6. The van der Waals surface area contributed by atoms with Crippen molar-refractivity contribution in [3.63, 3.8) is 0 Å². The van der Waals surface area contributed by atoms with Crippen LogP contribution >= 0.6 is 0 Å². The molecule has 19 heavy (non-hydrogen) atoms. The first kappa shape index (κ1) is 12.2. The lowest BCUT2D eigenvalue weighted by atomic mass is 10.2. The third kappa shape index (κ3) is 1.92. The molecule has 2 aromatic heterocycles. The van der Waals surface area contributed by atoms with E-state index in [0.717, 1.165) is 25.2 Å². The summed E-state index contributed by atoms with van der Waals surface area (Å²) in [6, 6.07) is 0.462. The third-order valence-electron chi connectivity index (χ3n) is 3.95. The number of fused-ring (bicyclic) bond motifs is 1. The number of amides is 1. The molecule has 1 fully saturated rings. The first-order valence-electron chi connectivity index (χ1n) is 6.52. The molecule has 0 aromatic carbocycles. The van der Waals surface area contributed by atoms with Gasteiger partial charge in [-0.2, -0.15) is 5.10 Å². The van der Waals surface area contributed by atoms with Gasteiger partial charge in [-0.25, -0.2) is 4.52 Å². The summed E-state index contributed by atoms with van der Waals surface area (Å²) in [5.41, 5.74) is 1.55. The van der Waals surface area contributed by atoms with E-state index in [9.17, 15) is 4.79 Å². The van der Waals surface area contributed by atoms with E-state index in [1.54, 1.807) is 10.7 Å². The van der Waals surface area contributed by atoms with Gasteiger partial charge in [-0.1, -0.05) is 0 Å². The highest BCUT2D eigenvalue weighted by atomic mass is 16.2. The normalized spacial score (nSPS) is 19.8. The van der Waals surface area contributed by atoms with Crippen molar-refractivity contribution in [2.24, 2.45) is 7.05 Å². The van der Waals surface area contributed by atoms with E-state index >= 15 is 0 Å². The van der Waals surface area contributed by atoms with Gasteiger partial charge in [-0.15, -0.1) is 0 Å². The Bertz CT molecular complexity index is 612. The van der Waals surface area contributed by atoms with Crippen molar-refractivity contribution in [3.05, 3.63) is 24.2 Å². The van der Waals surface area contributed by atoms with E-state index in [1.807, 2.05) is 28.9 Å². The summed E-state index contributed by atoms with van der Waals surface area (Å²) in [6.07, 6.45) is 6.47. The van der Waals surface area contributed by atoms with Gasteiger partial charge in [0.05, 0.1) is 6.20 Å². The topological polar surface area (TPSA) is 45.8 Å². The number of hydrogen-bond donors (Lipinski definition) is 0. The zero-order valence-electron chi connectivity index (χ0n) is 11.6. The summed E-state index contributed by atoms with van der Waals surface area (Å²) in [7, 11) is 6.06. The summed E-state index contributed by atoms with van der Waals surface area (Å²) in [5.74, 6) is 0.0844. The highest BCUT2D eigenvalue weighted by Crippen LogP contribution is 2.19. The highest BCUT2D eigenvalue weighted by molar-refractivity contribution is 6.00. The fourth-order valence-corrected chi connectivity index (χ4v) is 2.72. The second-order valence-corrected chi connectivity index (χ2v) is 5.39. The highest BCUT2D eigenvalue weighted by Gasteiger charge is 2.29. The lowest BCUT2D eigenvalue weighted by Gasteiger charge is -2.20. The summed E-state index contributed by atoms with van der Waals surface area (Å²) in [4.78, 5) is 16.7. The molecular weight excluding hydrogens is 242 g/mol. The Hall–Kier alpha value is -1.82. The summed E-state index contributed by atoms with van der Waals surface area (Å²) >= 11 is 0. The molecule has 1 unspecified atom stereocenters. The maximum Gasteiger partial charge on any atom is 0.259 e. The van der Waals surface area contributed by atoms with Crippen molar-refractivity contribution < 1.29 is 4.79 Å². The predicted molar refractivity (Wildman–Crippen MR) is 72.2 cm³/mol. The van der Waals surface area contributed by atoms with Crippen molar-refractivity contribution >= 4 is 11.6 Å². The Morgan fingerprint density at radius 2 is 2.21 bits per heavy atom. The van der Waals surface area contributed by atoms with E-state index in [4.69, 9.17) is 0 Å². The number of likely N-dealkylation sites (N-methyl/N-ethyl adjacent to an activating group) is 1. The summed E-state index contributed by atoms with van der Waals surface area (Å²) in [5, 5.41) is 4.22. The fraction of sp³-hybridized carbons (Fsp3) is 0.538. The quantitative estimate of drug-likeness (QED) is 0.788. The van der Waals surface area contributed by atoms with Gasteiger partial charge in [-0.3, -0.25) is 4.79 Å². The Labute approximate surface area is 112 Å². The first-order valence-corrected chi connectivity index (χ1v) is 6.52. The van der Waals surface area contributed by atoms with E-state index in [1.165, 1.54) is 0 Å².